The lowest BCUT2D eigenvalue weighted by Gasteiger charge is -2.10. The molecule has 5 nitrogen and oxygen atoms in total. The molecular formula is C19H17FN2O3. The lowest BCUT2D eigenvalue weighted by molar-refractivity contribution is 0.0520. The summed E-state index contributed by atoms with van der Waals surface area (Å²) in [6.45, 7) is 2.03. The van der Waals surface area contributed by atoms with E-state index in [0.29, 0.717) is 17.9 Å². The van der Waals surface area contributed by atoms with Crippen molar-refractivity contribution in [2.75, 3.05) is 13.7 Å². The number of benzene rings is 2. The molecule has 0 N–H and O–H groups in total. The van der Waals surface area contributed by atoms with E-state index in [1.165, 1.54) is 18.5 Å². The molecule has 0 spiro atoms. The smallest absolute Gasteiger partial charge is 0.358 e. The molecule has 0 aliphatic rings. The number of hydrogen-bond acceptors (Lipinski definition) is 4. The minimum Gasteiger partial charge on any atom is -0.496 e. The van der Waals surface area contributed by atoms with Crippen molar-refractivity contribution in [3.8, 4) is 22.6 Å². The zero-order valence-corrected chi connectivity index (χ0v) is 13.9. The molecule has 0 saturated carbocycles. The molecule has 0 aliphatic heterocycles. The van der Waals surface area contributed by atoms with Gasteiger partial charge in [-0.1, -0.05) is 12.1 Å². The highest BCUT2D eigenvalue weighted by Crippen LogP contribution is 2.31. The molecule has 3 aromatic rings. The van der Waals surface area contributed by atoms with Gasteiger partial charge >= 0.3 is 5.97 Å². The maximum atomic E-state index is 13.6. The second kappa shape index (κ2) is 7.17. The fourth-order valence-corrected chi connectivity index (χ4v) is 2.51. The molecule has 25 heavy (non-hydrogen) atoms. The third-order valence-corrected chi connectivity index (χ3v) is 3.68. The van der Waals surface area contributed by atoms with Crippen LogP contribution in [-0.2, 0) is 4.74 Å². The Bertz CT molecular complexity index is 905. The molecule has 0 atom stereocenters. The predicted molar refractivity (Wildman–Crippen MR) is 91.5 cm³/mol. The molecule has 0 unspecified atom stereocenters. The number of halogens is 1. The molecule has 3 rings (SSSR count). The minimum atomic E-state index is -0.468. The Hall–Kier alpha value is -3.15. The van der Waals surface area contributed by atoms with E-state index in [4.69, 9.17) is 9.47 Å². The number of carbonyl (C=O) groups is 1. The van der Waals surface area contributed by atoms with Gasteiger partial charge in [0.1, 0.15) is 17.9 Å². The van der Waals surface area contributed by atoms with Crippen molar-refractivity contribution < 1.29 is 18.7 Å². The first-order valence-electron chi connectivity index (χ1n) is 7.78. The van der Waals surface area contributed by atoms with Crippen molar-refractivity contribution in [3.63, 3.8) is 0 Å². The standard InChI is InChI=1S/C19H17FN2O3/c1-3-25-19(23)17-11-22(12-21-17)15-6-4-5-13(9-15)16-10-14(20)7-8-18(16)24-2/h4-12H,3H2,1-2H3. The first-order chi connectivity index (χ1) is 12.1. The number of aromatic nitrogens is 2. The average molecular weight is 340 g/mol. The third kappa shape index (κ3) is 3.52. The van der Waals surface area contributed by atoms with Crippen molar-refractivity contribution in [2.24, 2.45) is 0 Å². The number of esters is 1. The van der Waals surface area contributed by atoms with Crippen molar-refractivity contribution in [1.29, 1.82) is 0 Å². The van der Waals surface area contributed by atoms with Gasteiger partial charge in [0.15, 0.2) is 5.69 Å². The molecule has 0 saturated heterocycles. The van der Waals surface area contributed by atoms with E-state index in [1.54, 1.807) is 30.9 Å². The summed E-state index contributed by atoms with van der Waals surface area (Å²) >= 11 is 0. The van der Waals surface area contributed by atoms with Gasteiger partial charge in [-0.3, -0.25) is 0 Å². The maximum absolute atomic E-state index is 13.6. The summed E-state index contributed by atoms with van der Waals surface area (Å²) < 4.78 is 25.6. The van der Waals surface area contributed by atoms with E-state index in [2.05, 4.69) is 4.98 Å². The zero-order chi connectivity index (χ0) is 17.8. The first kappa shape index (κ1) is 16.7. The van der Waals surface area contributed by atoms with Gasteiger partial charge in [0.25, 0.3) is 0 Å². The quantitative estimate of drug-likeness (QED) is 0.662. The summed E-state index contributed by atoms with van der Waals surface area (Å²) in [5.41, 5.74) is 2.46. The fourth-order valence-electron chi connectivity index (χ4n) is 2.51. The van der Waals surface area contributed by atoms with E-state index in [9.17, 15) is 9.18 Å². The Morgan fingerprint density at radius 1 is 1.24 bits per heavy atom. The summed E-state index contributed by atoms with van der Waals surface area (Å²) in [4.78, 5) is 15.8. The van der Waals surface area contributed by atoms with Crippen LogP contribution < -0.4 is 4.74 Å². The van der Waals surface area contributed by atoms with Crippen molar-refractivity contribution in [2.45, 2.75) is 6.92 Å². The summed E-state index contributed by atoms with van der Waals surface area (Å²) in [6.07, 6.45) is 3.13. The highest BCUT2D eigenvalue weighted by molar-refractivity contribution is 5.87. The summed E-state index contributed by atoms with van der Waals surface area (Å²) in [5, 5.41) is 0. The van der Waals surface area contributed by atoms with Crippen LogP contribution in [0.25, 0.3) is 16.8 Å². The largest absolute Gasteiger partial charge is 0.496 e. The molecule has 2 aromatic carbocycles. The van der Waals surface area contributed by atoms with Crippen LogP contribution >= 0.6 is 0 Å². The van der Waals surface area contributed by atoms with Crippen molar-refractivity contribution in [3.05, 3.63) is 66.5 Å². The highest BCUT2D eigenvalue weighted by atomic mass is 19.1. The monoisotopic (exact) mass is 340 g/mol. The summed E-state index contributed by atoms with van der Waals surface area (Å²) in [6, 6.07) is 11.8. The first-order valence-corrected chi connectivity index (χ1v) is 7.78. The third-order valence-electron chi connectivity index (χ3n) is 3.68. The molecule has 6 heteroatoms. The second-order valence-corrected chi connectivity index (χ2v) is 5.28. The van der Waals surface area contributed by atoms with E-state index < -0.39 is 5.97 Å². The predicted octanol–water partition coefficient (Wildman–Crippen LogP) is 3.86. The lowest BCUT2D eigenvalue weighted by Crippen LogP contribution is -2.04. The molecule has 0 fully saturated rings. The maximum Gasteiger partial charge on any atom is 0.358 e. The van der Waals surface area contributed by atoms with E-state index in [1.807, 2.05) is 24.3 Å². The molecule has 0 amide bonds. The van der Waals surface area contributed by atoms with E-state index in [0.717, 1.165) is 11.3 Å². The number of methoxy groups -OCH3 is 1. The van der Waals surface area contributed by atoms with Crippen LogP contribution in [0.5, 0.6) is 5.75 Å². The van der Waals surface area contributed by atoms with Crippen LogP contribution in [0, 0.1) is 5.82 Å². The molecule has 0 aliphatic carbocycles. The van der Waals surface area contributed by atoms with Gasteiger partial charge in [0, 0.05) is 17.4 Å². The Morgan fingerprint density at radius 3 is 2.84 bits per heavy atom. The SMILES string of the molecule is CCOC(=O)c1cn(-c2cccc(-c3cc(F)ccc3OC)c2)cn1. The fraction of sp³-hybridized carbons (Fsp3) is 0.158. The van der Waals surface area contributed by atoms with Crippen molar-refractivity contribution in [1.82, 2.24) is 9.55 Å². The van der Waals surface area contributed by atoms with Gasteiger partial charge in [-0.05, 0) is 42.8 Å². The van der Waals surface area contributed by atoms with Gasteiger partial charge < -0.3 is 14.0 Å². The number of carbonyl (C=O) groups excluding carboxylic acids is 1. The minimum absolute atomic E-state index is 0.232. The Morgan fingerprint density at radius 2 is 2.08 bits per heavy atom. The molecule has 1 heterocycles. The molecule has 0 radical (unpaired) electrons. The van der Waals surface area contributed by atoms with Gasteiger partial charge in [-0.15, -0.1) is 0 Å². The number of hydrogen-bond donors (Lipinski definition) is 0. The topological polar surface area (TPSA) is 53.4 Å². The molecule has 1 aromatic heterocycles. The number of rotatable bonds is 5. The van der Waals surface area contributed by atoms with Gasteiger partial charge in [-0.25, -0.2) is 14.2 Å². The summed E-state index contributed by atoms with van der Waals surface area (Å²) in [5.74, 6) is -0.228. The highest BCUT2D eigenvalue weighted by Gasteiger charge is 2.12. The number of ether oxygens (including phenoxy) is 2. The normalized spacial score (nSPS) is 10.5. The average Bonchev–Trinajstić information content (AvgIpc) is 3.12. The van der Waals surface area contributed by atoms with Crippen LogP contribution in [-0.4, -0.2) is 29.2 Å². The van der Waals surface area contributed by atoms with Gasteiger partial charge in [-0.2, -0.15) is 0 Å². The number of nitrogens with zero attached hydrogens (tertiary/aromatic N) is 2. The van der Waals surface area contributed by atoms with E-state index >= 15 is 0 Å². The van der Waals surface area contributed by atoms with Crippen LogP contribution in [0.15, 0.2) is 55.0 Å². The van der Waals surface area contributed by atoms with E-state index in [-0.39, 0.29) is 11.5 Å². The van der Waals surface area contributed by atoms with Crippen LogP contribution in [0.2, 0.25) is 0 Å². The Balaban J connectivity index is 1.98. The lowest BCUT2D eigenvalue weighted by atomic mass is 10.0. The number of imidazole rings is 1. The summed E-state index contributed by atoms with van der Waals surface area (Å²) in [7, 11) is 1.54. The van der Waals surface area contributed by atoms with Crippen LogP contribution in [0.4, 0.5) is 4.39 Å². The van der Waals surface area contributed by atoms with Gasteiger partial charge in [0.05, 0.1) is 13.7 Å². The molecule has 128 valence electrons. The molecule has 0 bridgehead atoms. The molecular weight excluding hydrogens is 323 g/mol. The zero-order valence-electron chi connectivity index (χ0n) is 13.9. The van der Waals surface area contributed by atoms with Crippen LogP contribution in [0.1, 0.15) is 17.4 Å². The second-order valence-electron chi connectivity index (χ2n) is 5.28. The van der Waals surface area contributed by atoms with Gasteiger partial charge in [0.2, 0.25) is 0 Å². The Labute approximate surface area is 144 Å². The van der Waals surface area contributed by atoms with Crippen molar-refractivity contribution >= 4 is 5.97 Å². The van der Waals surface area contributed by atoms with Crippen LogP contribution in [0.3, 0.4) is 0 Å². The Kier molecular flexibility index (Phi) is 4.79.